The molecule has 0 heterocycles. The molecule has 1 atom stereocenters. The van der Waals surface area contributed by atoms with Crippen molar-refractivity contribution in [2.45, 2.75) is 11.2 Å². The van der Waals surface area contributed by atoms with Crippen LogP contribution in [0.1, 0.15) is 33.4 Å². The van der Waals surface area contributed by atoms with Crippen molar-refractivity contribution >= 4 is 29.1 Å². The van der Waals surface area contributed by atoms with Crippen LogP contribution in [0.15, 0.2) is 146 Å². The predicted octanol–water partition coefficient (Wildman–Crippen LogP) is 8.29. The summed E-state index contributed by atoms with van der Waals surface area (Å²) < 4.78 is 6.31. The molecule has 3 N–H and O–H groups in total. The van der Waals surface area contributed by atoms with Crippen molar-refractivity contribution in [3.05, 3.63) is 179 Å². The fraction of sp³-hybridized carbons (Fsp3) is 0.196. The van der Waals surface area contributed by atoms with Crippen LogP contribution >= 0.6 is 0 Å². The van der Waals surface area contributed by atoms with Gasteiger partial charge in [-0.15, -0.1) is 0 Å². The van der Waals surface area contributed by atoms with Gasteiger partial charge in [-0.25, -0.2) is 0 Å². The van der Waals surface area contributed by atoms with E-state index < -0.39 is 11.2 Å². The summed E-state index contributed by atoms with van der Waals surface area (Å²) >= 11 is 0. The minimum absolute atomic E-state index is 0.605. The van der Waals surface area contributed by atoms with Gasteiger partial charge in [0.05, 0.1) is 6.34 Å². The van der Waals surface area contributed by atoms with E-state index in [2.05, 4.69) is 0 Å². The molecule has 8 nitrogen and oxygen atoms in total. The minimum Gasteiger partial charge on any atom is -0.457 e. The van der Waals surface area contributed by atoms with Gasteiger partial charge in [-0.3, -0.25) is 5.41 Å². The van der Waals surface area contributed by atoms with Gasteiger partial charge in [0.25, 0.3) is 0 Å². The summed E-state index contributed by atoms with van der Waals surface area (Å²) in [5, 5.41) is 32.7. The van der Waals surface area contributed by atoms with Crippen LogP contribution in [0.4, 0.5) is 22.7 Å². The number of rotatable bonds is 13. The lowest BCUT2D eigenvalue weighted by molar-refractivity contribution is 0.125. The maximum Gasteiger partial charge on any atom is 0.140 e. The molecule has 6 aromatic carbocycles. The Morgan fingerprint density at radius 3 is 0.833 bits per heavy atom. The highest BCUT2D eigenvalue weighted by atomic mass is 16.5. The van der Waals surface area contributed by atoms with Crippen molar-refractivity contribution < 1.29 is 14.9 Å². The molecule has 1 unspecified atom stereocenters. The van der Waals surface area contributed by atoms with Gasteiger partial charge in [0.2, 0.25) is 0 Å². The van der Waals surface area contributed by atoms with Crippen molar-refractivity contribution in [3.8, 4) is 11.5 Å². The minimum atomic E-state index is -1.45. The first-order valence-corrected chi connectivity index (χ1v) is 17.9. The molecular formula is C46H49N5O3. The number of ether oxygens (including phenoxy) is 1. The zero-order chi connectivity index (χ0) is 38.6. The molecule has 6 aromatic rings. The molecular weight excluding hydrogens is 671 g/mol. The fourth-order valence-corrected chi connectivity index (χ4v) is 6.68. The summed E-state index contributed by atoms with van der Waals surface area (Å²) in [5.74, 6) is 1.22. The SMILES string of the molecule is CN(C)c1ccc(C(O)(c2ccc(Oc3ccc(C(O)(c4ccc(N(C)C)cc4)c4ccc(N(C)C=N)cc4)cc3)cc2)c2ccc(N(C)C)cc2)cc1. The van der Waals surface area contributed by atoms with Crippen molar-refractivity contribution in [2.75, 3.05) is 68.9 Å². The third-order valence-electron chi connectivity index (χ3n) is 10.1. The van der Waals surface area contributed by atoms with Crippen LogP contribution in [0, 0.1) is 5.41 Å². The van der Waals surface area contributed by atoms with E-state index >= 15 is 0 Å². The molecule has 0 aliphatic rings. The Balaban J connectivity index is 1.30. The van der Waals surface area contributed by atoms with Crippen molar-refractivity contribution in [1.29, 1.82) is 5.41 Å². The van der Waals surface area contributed by atoms with E-state index in [1.807, 2.05) is 210 Å². The van der Waals surface area contributed by atoms with E-state index in [1.165, 1.54) is 6.34 Å². The molecule has 8 heteroatoms. The molecule has 0 fully saturated rings. The number of nitrogens with zero attached hydrogens (tertiary/aromatic N) is 4. The molecule has 0 aromatic heterocycles. The number of anilines is 4. The van der Waals surface area contributed by atoms with Crippen LogP contribution in [0.2, 0.25) is 0 Å². The number of benzene rings is 6. The fourth-order valence-electron chi connectivity index (χ4n) is 6.68. The third-order valence-corrected chi connectivity index (χ3v) is 10.1. The lowest BCUT2D eigenvalue weighted by atomic mass is 9.80. The maximum atomic E-state index is 12.6. The van der Waals surface area contributed by atoms with Crippen LogP contribution in [0.25, 0.3) is 0 Å². The standard InChI is InChI=1S/C46H49N5O3/c1-48(2)39-20-8-33(9-21-39)45(52,34-10-22-40(23-11-34)49(3)4)37-16-28-43(29-17-37)54-44-30-18-38(19-31-44)46(53,35-12-24-41(25-13-35)50(5)6)36-14-26-42(27-15-36)51(7)32-47/h8-32,47,52-53H,1-7H3. The highest BCUT2D eigenvalue weighted by Gasteiger charge is 2.35. The highest BCUT2D eigenvalue weighted by Crippen LogP contribution is 2.41. The lowest BCUT2D eigenvalue weighted by Crippen LogP contribution is -2.29. The Hall–Kier alpha value is -6.09. The van der Waals surface area contributed by atoms with Crippen LogP contribution in [-0.2, 0) is 11.2 Å². The molecule has 0 amide bonds. The van der Waals surface area contributed by atoms with E-state index in [0.717, 1.165) is 39.4 Å². The van der Waals surface area contributed by atoms with Gasteiger partial charge in [-0.05, 0) is 106 Å². The van der Waals surface area contributed by atoms with E-state index in [0.29, 0.717) is 28.2 Å². The Morgan fingerprint density at radius 2 is 0.611 bits per heavy atom. The molecule has 0 aliphatic carbocycles. The Kier molecular flexibility index (Phi) is 10.8. The number of hydrogen-bond acceptors (Lipinski definition) is 7. The molecule has 0 saturated carbocycles. The van der Waals surface area contributed by atoms with E-state index in [-0.39, 0.29) is 0 Å². The Morgan fingerprint density at radius 1 is 0.389 bits per heavy atom. The highest BCUT2D eigenvalue weighted by molar-refractivity contribution is 5.76. The van der Waals surface area contributed by atoms with Crippen LogP contribution in [0.3, 0.4) is 0 Å². The molecule has 276 valence electrons. The van der Waals surface area contributed by atoms with Crippen LogP contribution in [0.5, 0.6) is 11.5 Å². The average Bonchev–Trinajstić information content (AvgIpc) is 3.20. The van der Waals surface area contributed by atoms with E-state index in [4.69, 9.17) is 10.1 Å². The first kappa shape index (κ1) is 37.7. The molecule has 0 radical (unpaired) electrons. The summed E-state index contributed by atoms with van der Waals surface area (Å²) in [4.78, 5) is 7.80. The van der Waals surface area contributed by atoms with E-state index in [9.17, 15) is 10.2 Å². The van der Waals surface area contributed by atoms with Crippen molar-refractivity contribution in [3.63, 3.8) is 0 Å². The van der Waals surface area contributed by atoms with Gasteiger partial charge in [-0.1, -0.05) is 72.8 Å². The summed E-state index contributed by atoms with van der Waals surface area (Å²) in [6.45, 7) is 0. The largest absolute Gasteiger partial charge is 0.457 e. The summed E-state index contributed by atoms with van der Waals surface area (Å²) in [6, 6.07) is 46.5. The van der Waals surface area contributed by atoms with Crippen molar-refractivity contribution in [2.24, 2.45) is 0 Å². The van der Waals surface area contributed by atoms with Crippen LogP contribution < -0.4 is 24.3 Å². The van der Waals surface area contributed by atoms with Gasteiger partial charge in [0.1, 0.15) is 22.7 Å². The molecule has 6 rings (SSSR count). The second-order valence-corrected chi connectivity index (χ2v) is 14.2. The van der Waals surface area contributed by atoms with Gasteiger partial charge < -0.3 is 34.5 Å². The second-order valence-electron chi connectivity index (χ2n) is 14.2. The number of aliphatic hydroxyl groups is 2. The first-order chi connectivity index (χ1) is 25.8. The second kappa shape index (κ2) is 15.5. The average molecular weight is 720 g/mol. The summed E-state index contributed by atoms with van der Waals surface area (Å²) in [6.07, 6.45) is 1.25. The van der Waals surface area contributed by atoms with Crippen LogP contribution in [-0.4, -0.2) is 65.9 Å². The van der Waals surface area contributed by atoms with Crippen molar-refractivity contribution in [1.82, 2.24) is 0 Å². The number of hydrogen-bond donors (Lipinski definition) is 3. The monoisotopic (exact) mass is 719 g/mol. The molecule has 0 aliphatic heterocycles. The smallest absolute Gasteiger partial charge is 0.140 e. The normalized spacial score (nSPS) is 12.4. The lowest BCUT2D eigenvalue weighted by Gasteiger charge is -2.31. The van der Waals surface area contributed by atoms with Gasteiger partial charge in [0.15, 0.2) is 0 Å². The maximum absolute atomic E-state index is 12.6. The van der Waals surface area contributed by atoms with Gasteiger partial charge >= 0.3 is 0 Å². The van der Waals surface area contributed by atoms with E-state index in [1.54, 1.807) is 4.90 Å². The molecule has 0 saturated heterocycles. The quantitative estimate of drug-likeness (QED) is 0.0630. The predicted molar refractivity (Wildman–Crippen MR) is 223 cm³/mol. The summed E-state index contributed by atoms with van der Waals surface area (Å²) in [7, 11) is 13.8. The topological polar surface area (TPSA) is 86.5 Å². The zero-order valence-corrected chi connectivity index (χ0v) is 32.0. The van der Waals surface area contributed by atoms with Gasteiger partial charge in [-0.2, -0.15) is 0 Å². The summed E-state index contributed by atoms with van der Waals surface area (Å²) in [5.41, 5.74) is 5.45. The van der Waals surface area contributed by atoms with Gasteiger partial charge in [0, 0.05) is 72.1 Å². The third kappa shape index (κ3) is 7.39. The molecule has 54 heavy (non-hydrogen) atoms. The Bertz CT molecular complexity index is 2100. The zero-order valence-electron chi connectivity index (χ0n) is 32.0. The molecule has 0 spiro atoms. The Labute approximate surface area is 319 Å². The first-order valence-electron chi connectivity index (χ1n) is 17.9. The number of nitrogens with one attached hydrogen (secondary N) is 1. The molecule has 0 bridgehead atoms.